The van der Waals surface area contributed by atoms with Crippen molar-refractivity contribution in [2.24, 2.45) is 0 Å². The van der Waals surface area contributed by atoms with Gasteiger partial charge in [-0.2, -0.15) is 0 Å². The van der Waals surface area contributed by atoms with Crippen molar-refractivity contribution in [3.63, 3.8) is 0 Å². The SMILES string of the molecule is [CH2]c1ccccc1C[Si](C)(C)C. The summed E-state index contributed by atoms with van der Waals surface area (Å²) in [5.74, 6) is 0. The molecule has 0 saturated heterocycles. The van der Waals surface area contributed by atoms with Crippen LogP contribution in [0.2, 0.25) is 19.6 Å². The van der Waals surface area contributed by atoms with Crippen LogP contribution in [0.4, 0.5) is 0 Å². The van der Waals surface area contributed by atoms with E-state index in [4.69, 9.17) is 0 Å². The average Bonchev–Trinajstić information content (AvgIpc) is 1.91. The van der Waals surface area contributed by atoms with Crippen LogP contribution in [0, 0.1) is 6.92 Å². The summed E-state index contributed by atoms with van der Waals surface area (Å²) < 4.78 is 0. The molecule has 0 amide bonds. The summed E-state index contributed by atoms with van der Waals surface area (Å²) in [5.41, 5.74) is 2.62. The molecule has 0 aromatic heterocycles. The largest absolute Gasteiger partial charge is 0.0693 e. The van der Waals surface area contributed by atoms with Crippen LogP contribution >= 0.6 is 0 Å². The third kappa shape index (κ3) is 2.82. The lowest BCUT2D eigenvalue weighted by Crippen LogP contribution is -2.24. The summed E-state index contributed by atoms with van der Waals surface area (Å²) >= 11 is 0. The summed E-state index contributed by atoms with van der Waals surface area (Å²) in [6, 6.07) is 9.68. The van der Waals surface area contributed by atoms with Gasteiger partial charge in [-0.25, -0.2) is 0 Å². The standard InChI is InChI=1S/C11H17Si/c1-10-7-5-6-8-11(10)9-12(2,3)4/h5-8H,1,9H2,2-4H3. The molecule has 12 heavy (non-hydrogen) atoms. The highest BCUT2D eigenvalue weighted by Crippen LogP contribution is 2.14. The summed E-state index contributed by atoms with van der Waals surface area (Å²) in [7, 11) is -0.969. The van der Waals surface area contributed by atoms with Gasteiger partial charge in [-0.15, -0.1) is 0 Å². The molecule has 65 valence electrons. The van der Waals surface area contributed by atoms with Crippen molar-refractivity contribution < 1.29 is 0 Å². The molecule has 0 aliphatic carbocycles. The van der Waals surface area contributed by atoms with E-state index in [-0.39, 0.29) is 0 Å². The van der Waals surface area contributed by atoms with E-state index in [0.717, 1.165) is 0 Å². The van der Waals surface area contributed by atoms with E-state index in [2.05, 4.69) is 50.8 Å². The molecule has 0 heterocycles. The van der Waals surface area contributed by atoms with Crippen LogP contribution in [0.1, 0.15) is 11.1 Å². The molecule has 0 N–H and O–H groups in total. The Hall–Kier alpha value is -0.563. The fourth-order valence-corrected chi connectivity index (χ4v) is 2.79. The van der Waals surface area contributed by atoms with Crippen molar-refractivity contribution in [3.8, 4) is 0 Å². The lowest BCUT2D eigenvalue weighted by Gasteiger charge is -2.16. The molecule has 1 aromatic carbocycles. The van der Waals surface area contributed by atoms with E-state index < -0.39 is 8.07 Å². The minimum Gasteiger partial charge on any atom is -0.0693 e. The van der Waals surface area contributed by atoms with Crippen LogP contribution in [-0.2, 0) is 6.04 Å². The first-order valence-electron chi connectivity index (χ1n) is 4.39. The van der Waals surface area contributed by atoms with Gasteiger partial charge >= 0.3 is 0 Å². The van der Waals surface area contributed by atoms with Crippen LogP contribution in [-0.4, -0.2) is 8.07 Å². The van der Waals surface area contributed by atoms with E-state index >= 15 is 0 Å². The van der Waals surface area contributed by atoms with E-state index in [1.807, 2.05) is 0 Å². The second kappa shape index (κ2) is 3.44. The molecular formula is C11H17Si. The zero-order valence-electron chi connectivity index (χ0n) is 8.22. The fourth-order valence-electron chi connectivity index (χ4n) is 1.30. The predicted molar refractivity (Wildman–Crippen MR) is 58.0 cm³/mol. The molecule has 0 unspecified atom stereocenters. The van der Waals surface area contributed by atoms with Crippen molar-refractivity contribution in [1.82, 2.24) is 0 Å². The maximum Gasteiger partial charge on any atom is 0.0487 e. The topological polar surface area (TPSA) is 0 Å². The Balaban J connectivity index is 2.83. The normalized spacial score (nSPS) is 11.7. The zero-order valence-corrected chi connectivity index (χ0v) is 9.22. The van der Waals surface area contributed by atoms with Gasteiger partial charge in [0, 0.05) is 8.07 Å². The molecule has 1 radical (unpaired) electrons. The Labute approximate surface area is 76.6 Å². The van der Waals surface area contributed by atoms with Crippen LogP contribution in [0.25, 0.3) is 0 Å². The number of benzene rings is 1. The molecule has 1 heteroatoms. The molecule has 0 aliphatic rings. The van der Waals surface area contributed by atoms with E-state index in [9.17, 15) is 0 Å². The molecule has 0 atom stereocenters. The Morgan fingerprint density at radius 3 is 2.25 bits per heavy atom. The molecule has 0 bridgehead atoms. The molecule has 1 aromatic rings. The number of hydrogen-bond acceptors (Lipinski definition) is 0. The lowest BCUT2D eigenvalue weighted by atomic mass is 10.1. The Morgan fingerprint density at radius 2 is 1.75 bits per heavy atom. The Bertz CT molecular complexity index is 258. The minimum absolute atomic E-state index is 0.969. The van der Waals surface area contributed by atoms with Crippen molar-refractivity contribution in [2.75, 3.05) is 0 Å². The average molecular weight is 177 g/mol. The highest BCUT2D eigenvalue weighted by atomic mass is 28.3. The van der Waals surface area contributed by atoms with E-state index in [0.29, 0.717) is 0 Å². The molecule has 1 rings (SSSR count). The van der Waals surface area contributed by atoms with Gasteiger partial charge in [0.1, 0.15) is 0 Å². The number of rotatable bonds is 2. The van der Waals surface area contributed by atoms with Crippen molar-refractivity contribution in [2.45, 2.75) is 25.7 Å². The lowest BCUT2D eigenvalue weighted by molar-refractivity contribution is 1.28. The first-order chi connectivity index (χ1) is 5.49. The summed E-state index contributed by atoms with van der Waals surface area (Å²) in [4.78, 5) is 0. The van der Waals surface area contributed by atoms with E-state index in [1.165, 1.54) is 17.2 Å². The van der Waals surface area contributed by atoms with Gasteiger partial charge in [0.2, 0.25) is 0 Å². The zero-order chi connectivity index (χ0) is 9.19. The Kier molecular flexibility index (Phi) is 2.73. The van der Waals surface area contributed by atoms with Gasteiger partial charge in [0.25, 0.3) is 0 Å². The van der Waals surface area contributed by atoms with Gasteiger partial charge in [0.05, 0.1) is 0 Å². The first kappa shape index (κ1) is 9.52. The molecular weight excluding hydrogens is 160 g/mol. The maximum absolute atomic E-state index is 4.03. The number of hydrogen-bond donors (Lipinski definition) is 0. The summed E-state index contributed by atoms with van der Waals surface area (Å²) in [6.07, 6.45) is 0. The molecule has 0 aliphatic heterocycles. The molecule has 0 fully saturated rings. The summed E-state index contributed by atoms with van der Waals surface area (Å²) in [6.45, 7) is 11.2. The summed E-state index contributed by atoms with van der Waals surface area (Å²) in [5, 5.41) is 0. The van der Waals surface area contributed by atoms with Gasteiger partial charge in [0.15, 0.2) is 0 Å². The third-order valence-electron chi connectivity index (χ3n) is 1.84. The van der Waals surface area contributed by atoms with Crippen LogP contribution in [0.15, 0.2) is 24.3 Å². The van der Waals surface area contributed by atoms with Gasteiger partial charge in [-0.05, 0) is 24.1 Å². The van der Waals surface area contributed by atoms with E-state index in [1.54, 1.807) is 0 Å². The van der Waals surface area contributed by atoms with Gasteiger partial charge in [-0.1, -0.05) is 43.9 Å². The van der Waals surface area contributed by atoms with Gasteiger partial charge < -0.3 is 0 Å². The smallest absolute Gasteiger partial charge is 0.0487 e. The first-order valence-corrected chi connectivity index (χ1v) is 8.10. The van der Waals surface area contributed by atoms with Crippen molar-refractivity contribution in [1.29, 1.82) is 0 Å². The van der Waals surface area contributed by atoms with Crippen LogP contribution < -0.4 is 0 Å². The van der Waals surface area contributed by atoms with Crippen LogP contribution in [0.3, 0.4) is 0 Å². The van der Waals surface area contributed by atoms with Crippen molar-refractivity contribution >= 4 is 8.07 Å². The van der Waals surface area contributed by atoms with Gasteiger partial charge in [-0.3, -0.25) is 0 Å². The fraction of sp³-hybridized carbons (Fsp3) is 0.364. The second-order valence-electron chi connectivity index (χ2n) is 4.51. The van der Waals surface area contributed by atoms with Crippen LogP contribution in [0.5, 0.6) is 0 Å². The van der Waals surface area contributed by atoms with Crippen molar-refractivity contribution in [3.05, 3.63) is 42.3 Å². The highest BCUT2D eigenvalue weighted by Gasteiger charge is 2.14. The molecule has 0 spiro atoms. The monoisotopic (exact) mass is 177 g/mol. The minimum atomic E-state index is -0.969. The third-order valence-corrected chi connectivity index (χ3v) is 3.28. The molecule has 0 nitrogen and oxygen atoms in total. The quantitative estimate of drug-likeness (QED) is 0.608. The highest BCUT2D eigenvalue weighted by molar-refractivity contribution is 6.75. The maximum atomic E-state index is 4.03. The second-order valence-corrected chi connectivity index (χ2v) is 9.98. The predicted octanol–water partition coefficient (Wildman–Crippen LogP) is 3.29. The molecule has 0 saturated carbocycles. The Morgan fingerprint density at radius 1 is 1.17 bits per heavy atom.